The van der Waals surface area contributed by atoms with Crippen LogP contribution in [-0.2, 0) is 11.3 Å². The summed E-state index contributed by atoms with van der Waals surface area (Å²) in [5.41, 5.74) is 5.70. The lowest BCUT2D eigenvalue weighted by atomic mass is 10.1. The summed E-state index contributed by atoms with van der Waals surface area (Å²) >= 11 is 0. The number of aryl methyl sites for hydroxylation is 3. The molecule has 0 bridgehead atoms. The maximum Gasteiger partial charge on any atom is 0.323 e. The lowest BCUT2D eigenvalue weighted by Gasteiger charge is -2.23. The molecule has 0 aliphatic heterocycles. The van der Waals surface area contributed by atoms with Crippen LogP contribution in [0.1, 0.15) is 22.3 Å². The summed E-state index contributed by atoms with van der Waals surface area (Å²) in [7, 11) is 0. The van der Waals surface area contributed by atoms with Gasteiger partial charge in [0.2, 0.25) is 0 Å². The molecule has 0 aliphatic rings. The van der Waals surface area contributed by atoms with E-state index in [2.05, 4.69) is 32.0 Å². The first-order chi connectivity index (χ1) is 9.95. The van der Waals surface area contributed by atoms with E-state index < -0.39 is 5.97 Å². The number of nitrogens with zero attached hydrogens (tertiary/aromatic N) is 1. The van der Waals surface area contributed by atoms with E-state index in [0.717, 1.165) is 11.3 Å². The Hall–Kier alpha value is -2.29. The zero-order valence-electron chi connectivity index (χ0n) is 12.8. The highest BCUT2D eigenvalue weighted by Gasteiger charge is 2.11. The molecule has 3 heteroatoms. The van der Waals surface area contributed by atoms with Gasteiger partial charge in [0.1, 0.15) is 6.54 Å². The summed E-state index contributed by atoms with van der Waals surface area (Å²) in [6.07, 6.45) is 0. The summed E-state index contributed by atoms with van der Waals surface area (Å²) < 4.78 is 0. The highest BCUT2D eigenvalue weighted by Crippen LogP contribution is 2.19. The zero-order chi connectivity index (χ0) is 15.4. The Morgan fingerprint density at radius 3 is 2.24 bits per heavy atom. The Morgan fingerprint density at radius 1 is 1.00 bits per heavy atom. The highest BCUT2D eigenvalue weighted by molar-refractivity contribution is 5.73. The number of anilines is 1. The van der Waals surface area contributed by atoms with Crippen LogP contribution < -0.4 is 4.90 Å². The Balaban J connectivity index is 2.25. The first-order valence-corrected chi connectivity index (χ1v) is 7.05. The second kappa shape index (κ2) is 6.44. The van der Waals surface area contributed by atoms with Gasteiger partial charge in [-0.3, -0.25) is 4.79 Å². The number of rotatable bonds is 5. The van der Waals surface area contributed by atoms with Crippen LogP contribution in [0.4, 0.5) is 5.69 Å². The fraction of sp³-hybridized carbons (Fsp3) is 0.278. The van der Waals surface area contributed by atoms with Crippen molar-refractivity contribution in [3.8, 4) is 0 Å². The van der Waals surface area contributed by atoms with Crippen LogP contribution in [0.15, 0.2) is 42.5 Å². The second-order valence-electron chi connectivity index (χ2n) is 5.50. The third-order valence-corrected chi connectivity index (χ3v) is 3.67. The van der Waals surface area contributed by atoms with Gasteiger partial charge in [0.15, 0.2) is 0 Å². The van der Waals surface area contributed by atoms with Crippen molar-refractivity contribution >= 4 is 11.7 Å². The predicted molar refractivity (Wildman–Crippen MR) is 85.8 cm³/mol. The van der Waals surface area contributed by atoms with E-state index in [-0.39, 0.29) is 6.54 Å². The zero-order valence-corrected chi connectivity index (χ0v) is 12.8. The van der Waals surface area contributed by atoms with Crippen molar-refractivity contribution in [1.29, 1.82) is 0 Å². The van der Waals surface area contributed by atoms with E-state index in [1.807, 2.05) is 36.1 Å². The van der Waals surface area contributed by atoms with Crippen molar-refractivity contribution in [2.45, 2.75) is 27.3 Å². The second-order valence-corrected chi connectivity index (χ2v) is 5.50. The molecular weight excluding hydrogens is 262 g/mol. The molecule has 0 spiro atoms. The molecule has 0 aliphatic carbocycles. The Labute approximate surface area is 125 Å². The van der Waals surface area contributed by atoms with Crippen LogP contribution in [0.2, 0.25) is 0 Å². The van der Waals surface area contributed by atoms with Gasteiger partial charge in [0.25, 0.3) is 0 Å². The minimum atomic E-state index is -0.820. The largest absolute Gasteiger partial charge is 0.480 e. The summed E-state index contributed by atoms with van der Waals surface area (Å²) in [5, 5.41) is 9.13. The maximum absolute atomic E-state index is 11.1. The molecule has 0 aromatic heterocycles. The summed E-state index contributed by atoms with van der Waals surface area (Å²) in [4.78, 5) is 13.0. The highest BCUT2D eigenvalue weighted by atomic mass is 16.4. The fourth-order valence-corrected chi connectivity index (χ4v) is 2.28. The van der Waals surface area contributed by atoms with Gasteiger partial charge in [-0.1, -0.05) is 35.9 Å². The molecule has 2 aromatic rings. The van der Waals surface area contributed by atoms with Crippen molar-refractivity contribution in [1.82, 2.24) is 0 Å². The number of aliphatic carboxylic acids is 1. The van der Waals surface area contributed by atoms with Crippen molar-refractivity contribution < 1.29 is 9.90 Å². The molecule has 1 N–H and O–H groups in total. The third-order valence-electron chi connectivity index (χ3n) is 3.67. The molecule has 110 valence electrons. The summed E-state index contributed by atoms with van der Waals surface area (Å²) in [6.45, 7) is 6.77. The van der Waals surface area contributed by atoms with Crippen molar-refractivity contribution in [3.05, 3.63) is 64.7 Å². The predicted octanol–water partition coefficient (Wildman–Crippen LogP) is 3.70. The first-order valence-electron chi connectivity index (χ1n) is 7.05. The van der Waals surface area contributed by atoms with Crippen LogP contribution >= 0.6 is 0 Å². The van der Waals surface area contributed by atoms with Gasteiger partial charge in [0.05, 0.1) is 0 Å². The number of carboxylic acids is 1. The average molecular weight is 283 g/mol. The van der Waals surface area contributed by atoms with Crippen LogP contribution in [-0.4, -0.2) is 17.6 Å². The van der Waals surface area contributed by atoms with Crippen LogP contribution in [0.25, 0.3) is 0 Å². The quantitative estimate of drug-likeness (QED) is 0.909. The molecule has 2 aromatic carbocycles. The van der Waals surface area contributed by atoms with Gasteiger partial charge in [-0.05, 0) is 49.6 Å². The topological polar surface area (TPSA) is 40.5 Å². The van der Waals surface area contributed by atoms with Gasteiger partial charge in [-0.2, -0.15) is 0 Å². The number of carbonyl (C=O) groups is 1. The average Bonchev–Trinajstić information content (AvgIpc) is 2.42. The van der Waals surface area contributed by atoms with Crippen molar-refractivity contribution in [2.75, 3.05) is 11.4 Å². The number of hydrogen-bond donors (Lipinski definition) is 1. The normalized spacial score (nSPS) is 10.4. The lowest BCUT2D eigenvalue weighted by molar-refractivity contribution is -0.135. The summed E-state index contributed by atoms with van der Waals surface area (Å²) in [5.74, 6) is -0.820. The van der Waals surface area contributed by atoms with Gasteiger partial charge in [-0.15, -0.1) is 0 Å². The van der Waals surface area contributed by atoms with Gasteiger partial charge >= 0.3 is 5.97 Å². The Kier molecular flexibility index (Phi) is 4.63. The van der Waals surface area contributed by atoms with Gasteiger partial charge in [0, 0.05) is 12.2 Å². The number of hydrogen-bond acceptors (Lipinski definition) is 2. The molecule has 0 atom stereocenters. The first kappa shape index (κ1) is 15.1. The van der Waals surface area contributed by atoms with Crippen molar-refractivity contribution in [2.24, 2.45) is 0 Å². The molecule has 21 heavy (non-hydrogen) atoms. The van der Waals surface area contributed by atoms with Gasteiger partial charge < -0.3 is 10.0 Å². The summed E-state index contributed by atoms with van der Waals surface area (Å²) in [6, 6.07) is 14.2. The van der Waals surface area contributed by atoms with E-state index in [1.165, 1.54) is 16.7 Å². The van der Waals surface area contributed by atoms with Crippen LogP contribution in [0, 0.1) is 20.8 Å². The molecule has 0 saturated carbocycles. The van der Waals surface area contributed by atoms with Gasteiger partial charge in [-0.25, -0.2) is 0 Å². The van der Waals surface area contributed by atoms with Crippen LogP contribution in [0.3, 0.4) is 0 Å². The van der Waals surface area contributed by atoms with E-state index in [4.69, 9.17) is 5.11 Å². The molecule has 0 fully saturated rings. The number of carboxylic acid groups (broad SMARTS) is 1. The van der Waals surface area contributed by atoms with E-state index >= 15 is 0 Å². The number of benzene rings is 2. The van der Waals surface area contributed by atoms with Crippen molar-refractivity contribution in [3.63, 3.8) is 0 Å². The molecule has 0 radical (unpaired) electrons. The molecule has 0 saturated heterocycles. The molecular formula is C18H21NO2. The molecule has 0 heterocycles. The molecule has 0 amide bonds. The molecule has 0 unspecified atom stereocenters. The maximum atomic E-state index is 11.1. The minimum absolute atomic E-state index is 0.00398. The standard InChI is InChI=1S/C18H21NO2/c1-13-4-8-17(9-5-13)19(12-18(20)21)11-16-7-6-14(2)15(3)10-16/h4-10H,11-12H2,1-3H3,(H,20,21). The molecule has 3 nitrogen and oxygen atoms in total. The Morgan fingerprint density at radius 2 is 1.67 bits per heavy atom. The van der Waals surface area contributed by atoms with E-state index in [9.17, 15) is 4.79 Å². The fourth-order valence-electron chi connectivity index (χ4n) is 2.28. The third kappa shape index (κ3) is 4.09. The van der Waals surface area contributed by atoms with E-state index in [1.54, 1.807) is 0 Å². The minimum Gasteiger partial charge on any atom is -0.480 e. The molecule has 2 rings (SSSR count). The Bertz CT molecular complexity index is 632. The van der Waals surface area contributed by atoms with Crippen LogP contribution in [0.5, 0.6) is 0 Å². The smallest absolute Gasteiger partial charge is 0.323 e. The lowest BCUT2D eigenvalue weighted by Crippen LogP contribution is -2.29. The monoisotopic (exact) mass is 283 g/mol. The SMILES string of the molecule is Cc1ccc(N(CC(=O)O)Cc2ccc(C)c(C)c2)cc1. The van der Waals surface area contributed by atoms with E-state index in [0.29, 0.717) is 6.54 Å².